The molecule has 9 heteroatoms. The van der Waals surface area contributed by atoms with E-state index in [1.807, 2.05) is 39.8 Å². The predicted octanol–water partition coefficient (Wildman–Crippen LogP) is 4.56. The van der Waals surface area contributed by atoms with E-state index < -0.39 is 28.5 Å². The molecule has 35 heavy (non-hydrogen) atoms. The molecule has 2 rings (SSSR count). The van der Waals surface area contributed by atoms with Crippen LogP contribution in [0.1, 0.15) is 57.6 Å². The first-order valence-corrected chi connectivity index (χ1v) is 14.1. The van der Waals surface area contributed by atoms with Crippen LogP contribution in [0, 0.1) is 0 Å². The smallest absolute Gasteiger partial charge is 0.244 e. The lowest BCUT2D eigenvalue weighted by atomic mass is 10.0. The summed E-state index contributed by atoms with van der Waals surface area (Å²) in [4.78, 5) is 28.1. The molecule has 2 amide bonds. The Labute approximate surface area is 214 Å². The van der Waals surface area contributed by atoms with Crippen LogP contribution in [0.4, 0.5) is 5.69 Å². The number of sulfonamides is 1. The van der Waals surface area contributed by atoms with Gasteiger partial charge < -0.3 is 10.2 Å². The van der Waals surface area contributed by atoms with E-state index in [9.17, 15) is 18.0 Å². The second-order valence-corrected chi connectivity index (χ2v) is 11.2. The van der Waals surface area contributed by atoms with Gasteiger partial charge in [0.05, 0.1) is 11.9 Å². The van der Waals surface area contributed by atoms with Gasteiger partial charge in [-0.15, -0.1) is 0 Å². The molecule has 0 spiro atoms. The first-order chi connectivity index (χ1) is 16.5. The number of nitrogens with zero attached hydrogens (tertiary/aromatic N) is 2. The Kier molecular flexibility index (Phi) is 10.6. The maximum absolute atomic E-state index is 13.7. The molecule has 1 N–H and O–H groups in total. The van der Waals surface area contributed by atoms with Crippen molar-refractivity contribution in [1.29, 1.82) is 0 Å². The zero-order valence-corrected chi connectivity index (χ0v) is 22.7. The van der Waals surface area contributed by atoms with Crippen LogP contribution in [0.2, 0.25) is 5.02 Å². The number of nitrogens with one attached hydrogen (secondary N) is 1. The van der Waals surface area contributed by atoms with E-state index in [0.717, 1.165) is 28.1 Å². The summed E-state index contributed by atoms with van der Waals surface area (Å²) in [5.74, 6) is -0.661. The molecule has 2 aromatic carbocycles. The van der Waals surface area contributed by atoms with Crippen molar-refractivity contribution in [2.24, 2.45) is 0 Å². The van der Waals surface area contributed by atoms with Gasteiger partial charge in [0.25, 0.3) is 0 Å². The number of carbonyl (C=O) groups is 2. The van der Waals surface area contributed by atoms with Crippen molar-refractivity contribution in [2.75, 3.05) is 23.7 Å². The van der Waals surface area contributed by atoms with Crippen LogP contribution < -0.4 is 9.62 Å². The number of halogens is 1. The Morgan fingerprint density at radius 2 is 1.66 bits per heavy atom. The van der Waals surface area contributed by atoms with Crippen LogP contribution in [-0.2, 0) is 26.2 Å². The zero-order chi connectivity index (χ0) is 26.2. The van der Waals surface area contributed by atoms with Crippen LogP contribution in [-0.4, -0.2) is 50.5 Å². The van der Waals surface area contributed by atoms with E-state index in [0.29, 0.717) is 23.7 Å². The largest absolute Gasteiger partial charge is 0.354 e. The van der Waals surface area contributed by atoms with Gasteiger partial charge in [-0.25, -0.2) is 8.42 Å². The lowest BCUT2D eigenvalue weighted by molar-refractivity contribution is -0.140. The average Bonchev–Trinajstić information content (AvgIpc) is 2.81. The summed E-state index contributed by atoms with van der Waals surface area (Å²) in [6.45, 7) is 7.97. The van der Waals surface area contributed by atoms with Crippen molar-refractivity contribution in [3.05, 3.63) is 64.7 Å². The van der Waals surface area contributed by atoms with Crippen molar-refractivity contribution in [2.45, 2.75) is 59.0 Å². The molecule has 0 saturated heterocycles. The highest BCUT2D eigenvalue weighted by Crippen LogP contribution is 2.29. The molecule has 0 bridgehead atoms. The number of hydrogen-bond donors (Lipinski definition) is 1. The Hall–Kier alpha value is -2.58. The monoisotopic (exact) mass is 521 g/mol. The van der Waals surface area contributed by atoms with Gasteiger partial charge in [-0.1, -0.05) is 69.6 Å². The second kappa shape index (κ2) is 12.9. The SMILES string of the molecule is CCCNC(=O)[C@@H](CC)N(Cc1ccc(Cl)cc1)C(=O)CN(c1ccccc1C(C)C)S(C)(=O)=O. The minimum atomic E-state index is -3.78. The Morgan fingerprint density at radius 3 is 2.20 bits per heavy atom. The first-order valence-electron chi connectivity index (χ1n) is 11.9. The van der Waals surface area contributed by atoms with Crippen LogP contribution >= 0.6 is 11.6 Å². The summed E-state index contributed by atoms with van der Waals surface area (Å²) in [6.07, 6.45) is 2.24. The molecule has 0 radical (unpaired) electrons. The third-order valence-electron chi connectivity index (χ3n) is 5.71. The van der Waals surface area contributed by atoms with Gasteiger partial charge in [0.15, 0.2) is 0 Å². The van der Waals surface area contributed by atoms with Crippen molar-refractivity contribution < 1.29 is 18.0 Å². The van der Waals surface area contributed by atoms with Crippen LogP contribution in [0.15, 0.2) is 48.5 Å². The molecule has 1 atom stereocenters. The summed E-state index contributed by atoms with van der Waals surface area (Å²) in [5, 5.41) is 3.43. The molecule has 0 aliphatic rings. The van der Waals surface area contributed by atoms with E-state index in [1.165, 1.54) is 4.90 Å². The minimum absolute atomic E-state index is 0.0546. The maximum Gasteiger partial charge on any atom is 0.244 e. The summed E-state index contributed by atoms with van der Waals surface area (Å²) in [6, 6.07) is 13.5. The Morgan fingerprint density at radius 1 is 1.03 bits per heavy atom. The Bertz CT molecular complexity index is 1100. The third-order valence-corrected chi connectivity index (χ3v) is 7.09. The van der Waals surface area contributed by atoms with Crippen molar-refractivity contribution in [1.82, 2.24) is 10.2 Å². The van der Waals surface area contributed by atoms with Crippen LogP contribution in [0.25, 0.3) is 0 Å². The zero-order valence-electron chi connectivity index (χ0n) is 21.1. The fourth-order valence-corrected chi connectivity index (χ4v) is 4.86. The van der Waals surface area contributed by atoms with E-state index in [1.54, 1.807) is 36.4 Å². The van der Waals surface area contributed by atoms with Gasteiger partial charge in [0.2, 0.25) is 21.8 Å². The lowest BCUT2D eigenvalue weighted by Gasteiger charge is -2.33. The highest BCUT2D eigenvalue weighted by atomic mass is 35.5. The molecule has 2 aromatic rings. The lowest BCUT2D eigenvalue weighted by Crippen LogP contribution is -2.52. The van der Waals surface area contributed by atoms with Crippen molar-refractivity contribution in [3.8, 4) is 0 Å². The van der Waals surface area contributed by atoms with Gasteiger partial charge in [-0.3, -0.25) is 13.9 Å². The molecule has 0 heterocycles. The van der Waals surface area contributed by atoms with Gasteiger partial charge in [0.1, 0.15) is 12.6 Å². The average molecular weight is 522 g/mol. The Balaban J connectivity index is 2.48. The molecule has 0 aliphatic carbocycles. The van der Waals surface area contributed by atoms with E-state index in [4.69, 9.17) is 11.6 Å². The fourth-order valence-electron chi connectivity index (χ4n) is 3.87. The van der Waals surface area contributed by atoms with Gasteiger partial charge in [-0.05, 0) is 48.1 Å². The number of hydrogen-bond acceptors (Lipinski definition) is 4. The number of rotatable bonds is 12. The fraction of sp³-hybridized carbons (Fsp3) is 0.462. The third kappa shape index (κ3) is 7.97. The van der Waals surface area contributed by atoms with Crippen molar-refractivity contribution in [3.63, 3.8) is 0 Å². The number of carbonyl (C=O) groups excluding carboxylic acids is 2. The molecule has 0 aliphatic heterocycles. The van der Waals surface area contributed by atoms with Gasteiger partial charge >= 0.3 is 0 Å². The van der Waals surface area contributed by atoms with E-state index in [-0.39, 0.29) is 18.4 Å². The minimum Gasteiger partial charge on any atom is -0.354 e. The number of anilines is 1. The maximum atomic E-state index is 13.7. The number of para-hydroxylation sites is 1. The van der Waals surface area contributed by atoms with Gasteiger partial charge in [-0.2, -0.15) is 0 Å². The normalized spacial score (nSPS) is 12.3. The predicted molar refractivity (Wildman–Crippen MR) is 142 cm³/mol. The molecule has 0 fully saturated rings. The standard InChI is InChI=1S/C26H36ClN3O4S/c1-6-16-28-26(32)23(7-2)29(17-20-12-14-21(27)15-13-20)25(31)18-30(35(5,33)34)24-11-9-8-10-22(24)19(3)4/h8-15,19,23H,6-7,16-18H2,1-5H3,(H,28,32)/t23-/m1/s1. The summed E-state index contributed by atoms with van der Waals surface area (Å²) in [7, 11) is -3.78. The number of benzene rings is 2. The summed E-state index contributed by atoms with van der Waals surface area (Å²) >= 11 is 6.02. The molecule has 0 aromatic heterocycles. The molecular formula is C26H36ClN3O4S. The molecule has 192 valence electrons. The van der Waals surface area contributed by atoms with E-state index >= 15 is 0 Å². The number of amides is 2. The molecule has 0 unspecified atom stereocenters. The highest BCUT2D eigenvalue weighted by molar-refractivity contribution is 7.92. The topological polar surface area (TPSA) is 86.8 Å². The quantitative estimate of drug-likeness (QED) is 0.443. The second-order valence-electron chi connectivity index (χ2n) is 8.85. The van der Waals surface area contributed by atoms with Crippen LogP contribution in [0.3, 0.4) is 0 Å². The van der Waals surface area contributed by atoms with Gasteiger partial charge in [0, 0.05) is 18.1 Å². The van der Waals surface area contributed by atoms with Crippen molar-refractivity contribution >= 4 is 39.1 Å². The molecule has 0 saturated carbocycles. The molecule has 7 nitrogen and oxygen atoms in total. The summed E-state index contributed by atoms with van der Waals surface area (Å²) in [5.41, 5.74) is 2.08. The first kappa shape index (κ1) is 28.7. The van der Waals surface area contributed by atoms with Crippen LogP contribution in [0.5, 0.6) is 0 Å². The van der Waals surface area contributed by atoms with E-state index in [2.05, 4.69) is 5.32 Å². The highest BCUT2D eigenvalue weighted by Gasteiger charge is 2.32. The summed E-state index contributed by atoms with van der Waals surface area (Å²) < 4.78 is 26.8. The molecular weight excluding hydrogens is 486 g/mol.